The number of carbonyl (C=O) groups excluding carboxylic acids is 3. The molecule has 4 amide bonds. The number of amides is 4. The van der Waals surface area contributed by atoms with Crippen LogP contribution in [0.3, 0.4) is 0 Å². The van der Waals surface area contributed by atoms with Gasteiger partial charge in [0, 0.05) is 6.42 Å². The Morgan fingerprint density at radius 2 is 2.05 bits per heavy atom. The van der Waals surface area contributed by atoms with Crippen LogP contribution in [-0.2, 0) is 14.3 Å². The molecule has 0 aliphatic carbocycles. The van der Waals surface area contributed by atoms with Gasteiger partial charge < -0.3 is 20.7 Å². The van der Waals surface area contributed by atoms with Crippen LogP contribution in [0.4, 0.5) is 4.79 Å². The highest BCUT2D eigenvalue weighted by Gasteiger charge is 2.65. The Labute approximate surface area is 117 Å². The van der Waals surface area contributed by atoms with Gasteiger partial charge in [0.1, 0.15) is 12.3 Å². The number of ether oxygens (including phenoxy) is 1. The zero-order chi connectivity index (χ0) is 15.4. The van der Waals surface area contributed by atoms with E-state index in [0.29, 0.717) is 0 Å². The molecule has 2 fully saturated rings. The Hall–Kier alpha value is -2.24. The average Bonchev–Trinajstić information content (AvgIpc) is 2.98. The number of hydrogen-bond acceptors (Lipinski definition) is 8. The molecule has 0 unspecified atom stereocenters. The Kier molecular flexibility index (Phi) is 2.86. The summed E-state index contributed by atoms with van der Waals surface area (Å²) in [5.74, 6) is -2.13. The largest absolute Gasteiger partial charge is 0.394 e. The van der Waals surface area contributed by atoms with Gasteiger partial charge in [0.05, 0.1) is 12.7 Å². The second kappa shape index (κ2) is 4.38. The molecule has 11 nitrogen and oxygen atoms in total. The zero-order valence-corrected chi connectivity index (χ0v) is 10.6. The summed E-state index contributed by atoms with van der Waals surface area (Å²) in [6.07, 6.45) is -3.12. The number of nitrogens with one attached hydrogen (secondary N) is 2. The van der Waals surface area contributed by atoms with Crippen LogP contribution in [0.2, 0.25) is 0 Å². The van der Waals surface area contributed by atoms with Gasteiger partial charge in [-0.15, -0.1) is 0 Å². The van der Waals surface area contributed by atoms with E-state index >= 15 is 0 Å². The van der Waals surface area contributed by atoms with Crippen molar-refractivity contribution in [3.8, 4) is 0 Å². The van der Waals surface area contributed by atoms with Crippen molar-refractivity contribution in [3.63, 3.8) is 0 Å². The van der Waals surface area contributed by atoms with Crippen LogP contribution >= 0.6 is 0 Å². The second-order valence-corrected chi connectivity index (χ2v) is 4.87. The molecule has 11 heteroatoms. The molecule has 0 aromatic carbocycles. The van der Waals surface area contributed by atoms with Crippen molar-refractivity contribution in [2.24, 2.45) is 10.7 Å². The topological polar surface area (TPSA) is 167 Å². The van der Waals surface area contributed by atoms with E-state index in [9.17, 15) is 19.5 Å². The SMILES string of the molecule is NC1=N[C@@]2(C(=O)NC(=O)N2[C@H]2C[C@H](O)[C@@H](CO)O2)C(=O)N1. The average molecular weight is 299 g/mol. The van der Waals surface area contributed by atoms with Crippen LogP contribution in [-0.4, -0.2) is 69.6 Å². The second-order valence-electron chi connectivity index (χ2n) is 4.87. The normalized spacial score (nSPS) is 39.0. The molecule has 2 saturated heterocycles. The van der Waals surface area contributed by atoms with Gasteiger partial charge in [-0.05, 0) is 0 Å². The fourth-order valence-electron chi connectivity index (χ4n) is 2.65. The number of aliphatic imine (C=N–C) groups is 1. The highest BCUT2D eigenvalue weighted by Crippen LogP contribution is 2.34. The lowest BCUT2D eigenvalue weighted by Gasteiger charge is -2.30. The van der Waals surface area contributed by atoms with Crippen molar-refractivity contribution in [1.82, 2.24) is 15.5 Å². The van der Waals surface area contributed by atoms with Crippen LogP contribution in [0.1, 0.15) is 6.42 Å². The first-order chi connectivity index (χ1) is 9.90. The molecule has 0 radical (unpaired) electrons. The molecule has 0 saturated carbocycles. The van der Waals surface area contributed by atoms with E-state index in [0.717, 1.165) is 4.90 Å². The van der Waals surface area contributed by atoms with Crippen molar-refractivity contribution in [3.05, 3.63) is 0 Å². The highest BCUT2D eigenvalue weighted by atomic mass is 16.5. The van der Waals surface area contributed by atoms with Crippen molar-refractivity contribution in [1.29, 1.82) is 0 Å². The molecule has 0 aromatic heterocycles. The minimum atomic E-state index is -2.17. The third-order valence-electron chi connectivity index (χ3n) is 3.62. The molecule has 3 heterocycles. The first-order valence-corrected chi connectivity index (χ1v) is 6.16. The van der Waals surface area contributed by atoms with Crippen LogP contribution < -0.4 is 16.4 Å². The molecule has 3 rings (SSSR count). The van der Waals surface area contributed by atoms with Crippen molar-refractivity contribution in [2.45, 2.75) is 30.5 Å². The van der Waals surface area contributed by atoms with Gasteiger partial charge in [-0.25, -0.2) is 9.79 Å². The summed E-state index contributed by atoms with van der Waals surface area (Å²) in [6.45, 7) is -0.467. The molecular formula is C10H13N5O6. The Bertz CT molecular complexity index is 564. The number of aliphatic hydroxyl groups excluding tert-OH is 2. The van der Waals surface area contributed by atoms with Gasteiger partial charge in [0.15, 0.2) is 5.96 Å². The van der Waals surface area contributed by atoms with E-state index in [4.69, 9.17) is 15.6 Å². The molecule has 1 spiro atoms. The first kappa shape index (κ1) is 13.7. The van der Waals surface area contributed by atoms with Gasteiger partial charge in [0.2, 0.25) is 0 Å². The quantitative estimate of drug-likeness (QED) is 0.257. The molecular weight excluding hydrogens is 286 g/mol. The summed E-state index contributed by atoms with van der Waals surface area (Å²) < 4.78 is 5.32. The number of hydrogen-bond donors (Lipinski definition) is 5. The summed E-state index contributed by atoms with van der Waals surface area (Å²) in [7, 11) is 0. The summed E-state index contributed by atoms with van der Waals surface area (Å²) in [5.41, 5.74) is 3.23. The predicted molar refractivity (Wildman–Crippen MR) is 64.2 cm³/mol. The van der Waals surface area contributed by atoms with Crippen molar-refractivity contribution >= 4 is 23.8 Å². The Morgan fingerprint density at radius 3 is 2.57 bits per heavy atom. The molecule has 0 bridgehead atoms. The summed E-state index contributed by atoms with van der Waals surface area (Å²) in [4.78, 5) is 40.5. The maximum atomic E-state index is 12.0. The standard InChI is InChI=1S/C10H13N5O6/c11-8-12-6(18)10(14-8)7(19)13-9(20)15(10)5-1-3(17)4(2-16)21-5/h3-5,16-17H,1-2H2,(H,13,19,20)(H3,11,12,14,18)/t3-,4+,5+,10-/m0/s1. The molecule has 0 aromatic rings. The van der Waals surface area contributed by atoms with Gasteiger partial charge in [-0.2, -0.15) is 0 Å². The maximum Gasteiger partial charge on any atom is 0.329 e. The lowest BCUT2D eigenvalue weighted by atomic mass is 10.1. The van der Waals surface area contributed by atoms with E-state index in [-0.39, 0.29) is 12.4 Å². The van der Waals surface area contributed by atoms with Crippen LogP contribution in [0.15, 0.2) is 4.99 Å². The monoisotopic (exact) mass is 299 g/mol. The van der Waals surface area contributed by atoms with E-state index in [1.165, 1.54) is 0 Å². The molecule has 6 N–H and O–H groups in total. The van der Waals surface area contributed by atoms with Gasteiger partial charge in [-0.3, -0.25) is 25.1 Å². The third-order valence-corrected chi connectivity index (χ3v) is 3.62. The Morgan fingerprint density at radius 1 is 1.38 bits per heavy atom. The maximum absolute atomic E-state index is 12.0. The van der Waals surface area contributed by atoms with Crippen LogP contribution in [0, 0.1) is 0 Å². The predicted octanol–water partition coefficient (Wildman–Crippen LogP) is -3.85. The minimum Gasteiger partial charge on any atom is -0.394 e. The molecule has 3 aliphatic rings. The highest BCUT2D eigenvalue weighted by molar-refractivity contribution is 6.25. The lowest BCUT2D eigenvalue weighted by Crippen LogP contribution is -2.58. The number of urea groups is 1. The van der Waals surface area contributed by atoms with E-state index in [1.807, 2.05) is 5.32 Å². The molecule has 3 aliphatic heterocycles. The summed E-state index contributed by atoms with van der Waals surface area (Å²) >= 11 is 0. The van der Waals surface area contributed by atoms with Crippen molar-refractivity contribution in [2.75, 3.05) is 6.61 Å². The molecule has 21 heavy (non-hydrogen) atoms. The van der Waals surface area contributed by atoms with E-state index < -0.39 is 48.6 Å². The van der Waals surface area contributed by atoms with Crippen LogP contribution in [0.25, 0.3) is 0 Å². The smallest absolute Gasteiger partial charge is 0.329 e. The summed E-state index contributed by atoms with van der Waals surface area (Å²) in [6, 6.07) is -0.885. The van der Waals surface area contributed by atoms with Crippen molar-refractivity contribution < 1.29 is 29.3 Å². The number of guanidine groups is 1. The van der Waals surface area contributed by atoms with Gasteiger partial charge >= 0.3 is 11.7 Å². The molecule has 114 valence electrons. The van der Waals surface area contributed by atoms with Gasteiger partial charge in [0.25, 0.3) is 11.8 Å². The first-order valence-electron chi connectivity index (χ1n) is 6.16. The fourth-order valence-corrected chi connectivity index (χ4v) is 2.65. The van der Waals surface area contributed by atoms with E-state index in [1.54, 1.807) is 0 Å². The fraction of sp³-hybridized carbons (Fsp3) is 0.600. The third kappa shape index (κ3) is 1.71. The van der Waals surface area contributed by atoms with E-state index in [2.05, 4.69) is 10.3 Å². The molecule has 4 atom stereocenters. The van der Waals surface area contributed by atoms with Crippen LogP contribution in [0.5, 0.6) is 0 Å². The number of aliphatic hydroxyl groups is 2. The number of nitrogens with two attached hydrogens (primary N) is 1. The zero-order valence-electron chi connectivity index (χ0n) is 10.6. The Balaban J connectivity index is 1.98. The number of carbonyl (C=O) groups is 3. The minimum absolute atomic E-state index is 0.0730. The number of nitrogens with zero attached hydrogens (tertiary/aromatic N) is 2. The number of rotatable bonds is 2. The summed E-state index contributed by atoms with van der Waals surface area (Å²) in [5, 5.41) is 22.9. The number of imide groups is 1. The lowest BCUT2D eigenvalue weighted by molar-refractivity contribution is -0.145. The van der Waals surface area contributed by atoms with Gasteiger partial charge in [-0.1, -0.05) is 0 Å².